The van der Waals surface area contributed by atoms with Gasteiger partial charge in [0.25, 0.3) is 10.0 Å². The molecule has 0 aliphatic rings. The highest BCUT2D eigenvalue weighted by Gasteiger charge is 2.13. The van der Waals surface area contributed by atoms with Crippen molar-refractivity contribution < 1.29 is 13.5 Å². The SMILES string of the molecule is Cc1ccc(S(=O)(=O)N/N=C/c2cc(C(C)C)c(O)c(=O)c(Br)c2)cc1. The lowest BCUT2D eigenvalue weighted by atomic mass is 10.0. The van der Waals surface area contributed by atoms with Gasteiger partial charge in [-0.05, 0) is 58.6 Å². The Bertz CT molecular complexity index is 1000. The smallest absolute Gasteiger partial charge is 0.276 e. The van der Waals surface area contributed by atoms with E-state index in [1.54, 1.807) is 18.2 Å². The summed E-state index contributed by atoms with van der Waals surface area (Å²) in [6.45, 7) is 5.54. The van der Waals surface area contributed by atoms with Gasteiger partial charge in [0.2, 0.25) is 5.43 Å². The van der Waals surface area contributed by atoms with E-state index >= 15 is 0 Å². The summed E-state index contributed by atoms with van der Waals surface area (Å²) in [6, 6.07) is 9.43. The van der Waals surface area contributed by atoms with Crippen molar-refractivity contribution in [3.63, 3.8) is 0 Å². The lowest BCUT2D eigenvalue weighted by molar-refractivity contribution is 0.460. The molecule has 0 spiro atoms. The van der Waals surface area contributed by atoms with E-state index < -0.39 is 15.5 Å². The summed E-state index contributed by atoms with van der Waals surface area (Å²) in [5, 5.41) is 13.8. The van der Waals surface area contributed by atoms with Gasteiger partial charge in [0.05, 0.1) is 15.6 Å². The molecule has 138 valence electrons. The van der Waals surface area contributed by atoms with Crippen molar-refractivity contribution >= 4 is 32.2 Å². The van der Waals surface area contributed by atoms with Gasteiger partial charge in [-0.2, -0.15) is 13.5 Å². The topological polar surface area (TPSA) is 95.8 Å². The molecule has 2 aromatic rings. The quantitative estimate of drug-likeness (QED) is 0.552. The third-order valence-electron chi connectivity index (χ3n) is 3.66. The zero-order valence-electron chi connectivity index (χ0n) is 14.5. The molecule has 0 heterocycles. The van der Waals surface area contributed by atoms with Crippen molar-refractivity contribution in [2.24, 2.45) is 5.10 Å². The average molecular weight is 439 g/mol. The molecule has 0 saturated heterocycles. The fourth-order valence-corrected chi connectivity index (χ4v) is 3.44. The monoisotopic (exact) mass is 438 g/mol. The van der Waals surface area contributed by atoms with E-state index in [2.05, 4.69) is 25.9 Å². The van der Waals surface area contributed by atoms with E-state index in [-0.39, 0.29) is 21.0 Å². The molecule has 2 aromatic carbocycles. The summed E-state index contributed by atoms with van der Waals surface area (Å²) in [5.74, 6) is -0.440. The average Bonchev–Trinajstić information content (AvgIpc) is 2.67. The fourth-order valence-electron chi connectivity index (χ4n) is 2.20. The number of nitrogens with zero attached hydrogens (tertiary/aromatic N) is 1. The summed E-state index contributed by atoms with van der Waals surface area (Å²) < 4.78 is 24.6. The maximum Gasteiger partial charge on any atom is 0.276 e. The molecule has 0 aliphatic carbocycles. The molecule has 0 aromatic heterocycles. The molecule has 0 radical (unpaired) electrons. The van der Waals surface area contributed by atoms with Crippen LogP contribution in [0.25, 0.3) is 0 Å². The molecule has 6 nitrogen and oxygen atoms in total. The van der Waals surface area contributed by atoms with E-state index in [0.29, 0.717) is 11.1 Å². The first kappa shape index (κ1) is 20.1. The van der Waals surface area contributed by atoms with Crippen LogP contribution in [0.4, 0.5) is 0 Å². The highest BCUT2D eigenvalue weighted by atomic mass is 79.9. The summed E-state index contributed by atoms with van der Waals surface area (Å²) in [4.78, 5) is 14.3. The van der Waals surface area contributed by atoms with Crippen molar-refractivity contribution in [1.29, 1.82) is 0 Å². The number of sulfonamides is 1. The number of hydrazone groups is 1. The first-order valence-corrected chi connectivity index (χ1v) is 10.1. The Morgan fingerprint density at radius 1 is 1.19 bits per heavy atom. The second kappa shape index (κ2) is 8.01. The third-order valence-corrected chi connectivity index (χ3v) is 5.49. The van der Waals surface area contributed by atoms with Crippen LogP contribution in [-0.2, 0) is 10.0 Å². The zero-order valence-corrected chi connectivity index (χ0v) is 16.9. The predicted octanol–water partition coefficient (Wildman–Crippen LogP) is 3.26. The summed E-state index contributed by atoms with van der Waals surface area (Å²) in [5.41, 5.74) is 1.32. The Morgan fingerprint density at radius 3 is 2.38 bits per heavy atom. The summed E-state index contributed by atoms with van der Waals surface area (Å²) in [6.07, 6.45) is 1.28. The van der Waals surface area contributed by atoms with Gasteiger partial charge in [0.15, 0.2) is 5.75 Å². The zero-order chi connectivity index (χ0) is 19.5. The van der Waals surface area contributed by atoms with Gasteiger partial charge in [-0.25, -0.2) is 4.83 Å². The van der Waals surface area contributed by atoms with E-state index in [1.807, 2.05) is 20.8 Å². The number of halogens is 1. The van der Waals surface area contributed by atoms with E-state index in [4.69, 9.17) is 0 Å². The minimum Gasteiger partial charge on any atom is -0.504 e. The number of aromatic hydroxyl groups is 1. The maximum absolute atomic E-state index is 12.2. The van der Waals surface area contributed by atoms with Crippen LogP contribution in [0.2, 0.25) is 0 Å². The Hall–Kier alpha value is -2.19. The molecule has 26 heavy (non-hydrogen) atoms. The van der Waals surface area contributed by atoms with Gasteiger partial charge in [-0.3, -0.25) is 4.79 Å². The minimum absolute atomic E-state index is 0.0987. The first-order valence-electron chi connectivity index (χ1n) is 7.80. The third kappa shape index (κ3) is 4.70. The van der Waals surface area contributed by atoms with E-state index in [9.17, 15) is 18.3 Å². The van der Waals surface area contributed by atoms with Gasteiger partial charge < -0.3 is 5.11 Å². The molecule has 2 N–H and O–H groups in total. The molecule has 2 rings (SSSR count). The Labute approximate surface area is 160 Å². The van der Waals surface area contributed by atoms with E-state index in [0.717, 1.165) is 5.56 Å². The molecule has 0 amide bonds. The fraction of sp³-hybridized carbons (Fsp3) is 0.222. The van der Waals surface area contributed by atoms with Gasteiger partial charge >= 0.3 is 0 Å². The largest absolute Gasteiger partial charge is 0.504 e. The van der Waals surface area contributed by atoms with Crippen LogP contribution in [0, 0.1) is 6.92 Å². The second-order valence-electron chi connectivity index (χ2n) is 6.09. The Morgan fingerprint density at radius 2 is 1.81 bits per heavy atom. The summed E-state index contributed by atoms with van der Waals surface area (Å²) >= 11 is 3.11. The Balaban J connectivity index is 2.35. The van der Waals surface area contributed by atoms with Gasteiger partial charge in [-0.15, -0.1) is 0 Å². The summed E-state index contributed by atoms with van der Waals surface area (Å²) in [7, 11) is -3.79. The van der Waals surface area contributed by atoms with Gasteiger partial charge in [-0.1, -0.05) is 31.5 Å². The standard InChI is InChI=1S/C18H19BrN2O4S/c1-11(2)15-8-13(9-16(19)18(23)17(15)22)10-20-21-26(24,25)14-6-4-12(3)5-7-14/h4-11,21H,1-3H3,(H,22,23)/b20-10+. The van der Waals surface area contributed by atoms with Gasteiger partial charge in [0, 0.05) is 5.56 Å². The number of rotatable bonds is 5. The van der Waals surface area contributed by atoms with Crippen LogP contribution in [-0.4, -0.2) is 19.7 Å². The lowest BCUT2D eigenvalue weighted by Gasteiger charge is -2.05. The van der Waals surface area contributed by atoms with Crippen molar-refractivity contribution in [2.45, 2.75) is 31.6 Å². The molecule has 0 aliphatic heterocycles. The van der Waals surface area contributed by atoms with Crippen LogP contribution in [0.3, 0.4) is 0 Å². The highest BCUT2D eigenvalue weighted by Crippen LogP contribution is 2.23. The molecule has 0 saturated carbocycles. The van der Waals surface area contributed by atoms with Crippen LogP contribution < -0.4 is 10.3 Å². The maximum atomic E-state index is 12.2. The van der Waals surface area contributed by atoms with E-state index in [1.165, 1.54) is 24.4 Å². The van der Waals surface area contributed by atoms with Crippen molar-refractivity contribution in [1.82, 2.24) is 4.83 Å². The molecular weight excluding hydrogens is 420 g/mol. The van der Waals surface area contributed by atoms with Crippen molar-refractivity contribution in [3.8, 4) is 5.75 Å². The van der Waals surface area contributed by atoms with Crippen LogP contribution in [0.15, 0.2) is 55.7 Å². The number of nitrogens with one attached hydrogen (secondary N) is 1. The van der Waals surface area contributed by atoms with Gasteiger partial charge in [0.1, 0.15) is 0 Å². The first-order chi connectivity index (χ1) is 12.1. The molecule has 0 bridgehead atoms. The minimum atomic E-state index is -3.79. The number of hydrogen-bond donors (Lipinski definition) is 2. The highest BCUT2D eigenvalue weighted by molar-refractivity contribution is 9.10. The van der Waals surface area contributed by atoms with Crippen molar-refractivity contribution in [3.05, 3.63) is 67.8 Å². The number of hydrogen-bond acceptors (Lipinski definition) is 5. The normalized spacial score (nSPS) is 11.9. The van der Waals surface area contributed by atoms with Crippen LogP contribution >= 0.6 is 15.9 Å². The predicted molar refractivity (Wildman–Crippen MR) is 105 cm³/mol. The Kier molecular flexibility index (Phi) is 6.20. The van der Waals surface area contributed by atoms with Crippen molar-refractivity contribution in [2.75, 3.05) is 0 Å². The second-order valence-corrected chi connectivity index (χ2v) is 8.61. The molecule has 8 heteroatoms. The number of benzene rings is 1. The lowest BCUT2D eigenvalue weighted by Crippen LogP contribution is -2.18. The molecular formula is C18H19BrN2O4S. The molecule has 0 atom stereocenters. The molecule has 0 unspecified atom stereocenters. The number of aryl methyl sites for hydroxylation is 1. The van der Waals surface area contributed by atoms with Crippen LogP contribution in [0.5, 0.6) is 5.75 Å². The van der Waals surface area contributed by atoms with Crippen LogP contribution in [0.1, 0.15) is 36.5 Å². The molecule has 0 fully saturated rings.